The van der Waals surface area contributed by atoms with Crippen LogP contribution in [0.25, 0.3) is 0 Å². The van der Waals surface area contributed by atoms with E-state index in [1.807, 2.05) is 25.4 Å². The van der Waals surface area contributed by atoms with E-state index in [9.17, 15) is 13.6 Å². The van der Waals surface area contributed by atoms with E-state index in [0.717, 1.165) is 17.0 Å². The number of rotatable bonds is 5. The SMILES string of the molecule is Cn1cc2c(n1)CN(c1ccc(N3C[C@H](CCC4=NCC=C4)OC3=O)c(F)c1F)C2. The first-order chi connectivity index (χ1) is 14.5. The second kappa shape index (κ2) is 7.23. The molecular weight excluding hydrogens is 392 g/mol. The molecule has 0 unspecified atom stereocenters. The van der Waals surface area contributed by atoms with Crippen molar-refractivity contribution in [1.29, 1.82) is 0 Å². The minimum atomic E-state index is -1.04. The summed E-state index contributed by atoms with van der Waals surface area (Å²) in [5.41, 5.74) is 2.88. The second-order valence-corrected chi connectivity index (χ2v) is 7.75. The first-order valence-electron chi connectivity index (χ1n) is 9.92. The first-order valence-corrected chi connectivity index (χ1v) is 9.92. The number of allylic oxidation sites excluding steroid dienone is 1. The van der Waals surface area contributed by atoms with Gasteiger partial charge < -0.3 is 9.64 Å². The monoisotopic (exact) mass is 413 g/mol. The summed E-state index contributed by atoms with van der Waals surface area (Å²) in [7, 11) is 1.83. The predicted octanol–water partition coefficient (Wildman–Crippen LogP) is 3.33. The zero-order valence-electron chi connectivity index (χ0n) is 16.5. The largest absolute Gasteiger partial charge is 0.444 e. The van der Waals surface area contributed by atoms with Crippen molar-refractivity contribution in [3.05, 3.63) is 53.4 Å². The van der Waals surface area contributed by atoms with E-state index in [4.69, 9.17) is 4.74 Å². The highest BCUT2D eigenvalue weighted by molar-refractivity contribution is 5.96. The molecule has 2 aromatic rings. The van der Waals surface area contributed by atoms with Crippen LogP contribution in [0.15, 0.2) is 35.5 Å². The van der Waals surface area contributed by atoms with Gasteiger partial charge in [-0.15, -0.1) is 0 Å². The van der Waals surface area contributed by atoms with Crippen molar-refractivity contribution in [2.75, 3.05) is 22.9 Å². The molecule has 9 heteroatoms. The van der Waals surface area contributed by atoms with E-state index in [1.54, 1.807) is 9.58 Å². The number of aliphatic imine (C=N–C) groups is 1. The van der Waals surface area contributed by atoms with Gasteiger partial charge >= 0.3 is 6.09 Å². The van der Waals surface area contributed by atoms with Crippen LogP contribution in [0.1, 0.15) is 24.1 Å². The van der Waals surface area contributed by atoms with Gasteiger partial charge in [0.1, 0.15) is 6.10 Å². The molecule has 0 bridgehead atoms. The van der Waals surface area contributed by atoms with Crippen molar-refractivity contribution in [3.8, 4) is 0 Å². The molecule has 7 nitrogen and oxygen atoms in total. The molecule has 1 aromatic carbocycles. The summed E-state index contributed by atoms with van der Waals surface area (Å²) in [6.45, 7) is 1.75. The summed E-state index contributed by atoms with van der Waals surface area (Å²) in [6.07, 6.45) is 6.04. The van der Waals surface area contributed by atoms with E-state index >= 15 is 0 Å². The number of cyclic esters (lactones) is 1. The van der Waals surface area contributed by atoms with Gasteiger partial charge in [-0.1, -0.05) is 6.08 Å². The number of aryl methyl sites for hydroxylation is 1. The number of anilines is 2. The Morgan fingerprint density at radius 3 is 2.77 bits per heavy atom. The molecule has 1 saturated heterocycles. The number of benzene rings is 1. The Hall–Kier alpha value is -3.23. The molecule has 30 heavy (non-hydrogen) atoms. The van der Waals surface area contributed by atoms with Gasteiger partial charge in [0.15, 0.2) is 11.6 Å². The predicted molar refractivity (Wildman–Crippen MR) is 108 cm³/mol. The third-order valence-electron chi connectivity index (χ3n) is 5.67. The molecule has 4 heterocycles. The summed E-state index contributed by atoms with van der Waals surface area (Å²) >= 11 is 0. The van der Waals surface area contributed by atoms with Crippen molar-refractivity contribution in [2.45, 2.75) is 32.0 Å². The van der Waals surface area contributed by atoms with Gasteiger partial charge in [-0.3, -0.25) is 14.6 Å². The van der Waals surface area contributed by atoms with Gasteiger partial charge in [0.2, 0.25) is 0 Å². The number of hydrogen-bond donors (Lipinski definition) is 0. The Morgan fingerprint density at radius 2 is 2.00 bits per heavy atom. The van der Waals surface area contributed by atoms with E-state index < -0.39 is 17.7 Å². The highest BCUT2D eigenvalue weighted by atomic mass is 19.2. The molecule has 156 valence electrons. The molecule has 1 aromatic heterocycles. The Labute approximate surface area is 172 Å². The summed E-state index contributed by atoms with van der Waals surface area (Å²) in [4.78, 5) is 19.5. The topological polar surface area (TPSA) is 63.0 Å². The molecule has 1 fully saturated rings. The smallest absolute Gasteiger partial charge is 0.414 e. The van der Waals surface area contributed by atoms with Crippen molar-refractivity contribution in [3.63, 3.8) is 0 Å². The average molecular weight is 413 g/mol. The molecule has 0 radical (unpaired) electrons. The minimum Gasteiger partial charge on any atom is -0.444 e. The zero-order chi connectivity index (χ0) is 20.8. The van der Waals surface area contributed by atoms with Crippen molar-refractivity contribution in [1.82, 2.24) is 9.78 Å². The van der Waals surface area contributed by atoms with E-state index in [-0.39, 0.29) is 24.0 Å². The fourth-order valence-electron chi connectivity index (χ4n) is 4.19. The number of carbonyl (C=O) groups is 1. The number of carbonyl (C=O) groups excluding carboxylic acids is 1. The second-order valence-electron chi connectivity index (χ2n) is 7.75. The van der Waals surface area contributed by atoms with Crippen molar-refractivity contribution in [2.24, 2.45) is 12.0 Å². The van der Waals surface area contributed by atoms with Crippen LogP contribution in [0.3, 0.4) is 0 Å². The van der Waals surface area contributed by atoms with Gasteiger partial charge in [-0.25, -0.2) is 13.6 Å². The number of hydrogen-bond acceptors (Lipinski definition) is 5. The lowest BCUT2D eigenvalue weighted by Crippen LogP contribution is -2.26. The van der Waals surface area contributed by atoms with Crippen molar-refractivity contribution >= 4 is 23.2 Å². The molecular formula is C21H21F2N5O2. The number of amides is 1. The van der Waals surface area contributed by atoms with Crippen LogP contribution in [0.2, 0.25) is 0 Å². The quantitative estimate of drug-likeness (QED) is 0.754. The van der Waals surface area contributed by atoms with Crippen LogP contribution in [-0.4, -0.2) is 40.8 Å². The van der Waals surface area contributed by atoms with E-state index in [2.05, 4.69) is 10.1 Å². The van der Waals surface area contributed by atoms with Crippen LogP contribution in [0.5, 0.6) is 0 Å². The van der Waals surface area contributed by atoms with Crippen molar-refractivity contribution < 1.29 is 18.3 Å². The van der Waals surface area contributed by atoms with Crippen LogP contribution in [-0.2, 0) is 24.9 Å². The fraction of sp³-hybridized carbons (Fsp3) is 0.381. The normalized spacial score (nSPS) is 20.2. The molecule has 0 N–H and O–H groups in total. The summed E-state index contributed by atoms with van der Waals surface area (Å²) in [5.74, 6) is -2.01. The van der Waals surface area contributed by atoms with Crippen LogP contribution in [0.4, 0.5) is 25.0 Å². The third-order valence-corrected chi connectivity index (χ3v) is 5.67. The fourth-order valence-corrected chi connectivity index (χ4v) is 4.19. The lowest BCUT2D eigenvalue weighted by molar-refractivity contribution is 0.138. The summed E-state index contributed by atoms with van der Waals surface area (Å²) in [6, 6.07) is 2.95. The zero-order valence-corrected chi connectivity index (χ0v) is 16.5. The standard InChI is InChI=1S/C21H21F2N5O2/c1-26-9-13-10-27(12-16(13)25-26)17-6-7-18(20(23)19(17)22)28-11-15(30-21(28)29)5-4-14-3-2-8-24-14/h2-3,6-7,9,15H,4-5,8,10-12H2,1H3/t15-/m0/s1. The minimum absolute atomic E-state index is 0.0995. The van der Waals surface area contributed by atoms with Crippen LogP contribution < -0.4 is 9.80 Å². The van der Waals surface area contributed by atoms with Crippen LogP contribution >= 0.6 is 0 Å². The molecule has 0 aliphatic carbocycles. The Bertz CT molecular complexity index is 1050. The number of nitrogens with zero attached hydrogens (tertiary/aromatic N) is 5. The first kappa shape index (κ1) is 18.8. The molecule has 1 atom stereocenters. The maximum Gasteiger partial charge on any atom is 0.414 e. The Morgan fingerprint density at radius 1 is 1.20 bits per heavy atom. The Kier molecular flexibility index (Phi) is 4.52. The number of fused-ring (bicyclic) bond motifs is 1. The molecule has 1 amide bonds. The Balaban J connectivity index is 1.30. The summed E-state index contributed by atoms with van der Waals surface area (Å²) in [5, 5.41) is 4.34. The molecule has 3 aliphatic heterocycles. The van der Waals surface area contributed by atoms with Gasteiger partial charge in [0.05, 0.1) is 36.7 Å². The molecule has 3 aliphatic rings. The van der Waals surface area contributed by atoms with Gasteiger partial charge in [-0.2, -0.15) is 5.10 Å². The summed E-state index contributed by atoms with van der Waals surface area (Å²) < 4.78 is 36.9. The van der Waals surface area contributed by atoms with Gasteiger partial charge in [-0.05, 0) is 31.1 Å². The maximum absolute atomic E-state index is 14.9. The van der Waals surface area contributed by atoms with Gasteiger partial charge in [0.25, 0.3) is 0 Å². The lowest BCUT2D eigenvalue weighted by Gasteiger charge is -2.21. The molecule has 5 rings (SSSR count). The highest BCUT2D eigenvalue weighted by Gasteiger charge is 2.35. The number of aromatic nitrogens is 2. The van der Waals surface area contributed by atoms with E-state index in [0.29, 0.717) is 32.5 Å². The third kappa shape index (κ3) is 3.24. The lowest BCUT2D eigenvalue weighted by atomic mass is 10.1. The highest BCUT2D eigenvalue weighted by Crippen LogP contribution is 2.35. The van der Waals surface area contributed by atoms with E-state index in [1.165, 1.54) is 17.0 Å². The average Bonchev–Trinajstić information content (AvgIpc) is 3.47. The maximum atomic E-state index is 14.9. The molecule has 0 spiro atoms. The van der Waals surface area contributed by atoms with Crippen LogP contribution in [0, 0.1) is 11.6 Å². The molecule has 0 saturated carbocycles. The number of ether oxygens (including phenoxy) is 1. The number of halogens is 2. The van der Waals surface area contributed by atoms with Gasteiger partial charge in [0, 0.05) is 31.1 Å².